The van der Waals surface area contributed by atoms with Crippen LogP contribution in [0.15, 0.2) is 82.8 Å². The van der Waals surface area contributed by atoms with Crippen LogP contribution in [0.4, 0.5) is 11.4 Å². The van der Waals surface area contributed by atoms with Crippen molar-refractivity contribution in [2.45, 2.75) is 32.7 Å². The fraction of sp³-hybridized carbons (Fsp3) is 0.207. The second kappa shape index (κ2) is 7.67. The van der Waals surface area contributed by atoms with E-state index in [2.05, 4.69) is 43.4 Å². The number of benzene rings is 3. The van der Waals surface area contributed by atoms with Crippen LogP contribution >= 0.6 is 0 Å². The summed E-state index contributed by atoms with van der Waals surface area (Å²) in [6.45, 7) is 4.30. The number of ketones is 1. The zero-order chi connectivity index (χ0) is 24.3. The van der Waals surface area contributed by atoms with Crippen molar-refractivity contribution in [3.8, 4) is 11.3 Å². The lowest BCUT2D eigenvalue weighted by Gasteiger charge is -2.39. The third-order valence-corrected chi connectivity index (χ3v) is 7.01. The summed E-state index contributed by atoms with van der Waals surface area (Å²) in [6.07, 6.45) is 1.29. The number of allylic oxidation sites excluding steroid dienone is 1. The number of Topliss-reactive ketones (excluding diaryl/α,β-unsaturated/α-hetero) is 1. The fourth-order valence-electron chi connectivity index (χ4n) is 5.46. The third-order valence-electron chi connectivity index (χ3n) is 7.01. The first-order valence-electron chi connectivity index (χ1n) is 11.7. The van der Waals surface area contributed by atoms with E-state index in [1.807, 2.05) is 24.3 Å². The van der Waals surface area contributed by atoms with Crippen molar-refractivity contribution in [1.82, 2.24) is 0 Å². The van der Waals surface area contributed by atoms with E-state index in [9.17, 15) is 14.9 Å². The van der Waals surface area contributed by atoms with Gasteiger partial charge < -0.3 is 9.73 Å². The van der Waals surface area contributed by atoms with Gasteiger partial charge >= 0.3 is 0 Å². The maximum absolute atomic E-state index is 13.5. The molecule has 0 fully saturated rings. The Hall–Kier alpha value is -4.19. The van der Waals surface area contributed by atoms with Crippen LogP contribution in [-0.4, -0.2) is 10.7 Å². The molecule has 1 atom stereocenters. The molecule has 0 radical (unpaired) electrons. The molecule has 6 rings (SSSR count). The van der Waals surface area contributed by atoms with E-state index in [0.29, 0.717) is 17.9 Å². The molecular formula is C29H24N2O4. The molecule has 0 saturated carbocycles. The van der Waals surface area contributed by atoms with Crippen molar-refractivity contribution < 1.29 is 14.1 Å². The van der Waals surface area contributed by atoms with E-state index in [1.165, 1.54) is 12.1 Å². The maximum Gasteiger partial charge on any atom is 0.269 e. The zero-order valence-electron chi connectivity index (χ0n) is 19.5. The number of carbonyl (C=O) groups excluding carboxylic acids is 1. The van der Waals surface area contributed by atoms with Gasteiger partial charge in [-0.15, -0.1) is 0 Å². The number of rotatable bonds is 3. The first kappa shape index (κ1) is 21.4. The Morgan fingerprint density at radius 1 is 0.971 bits per heavy atom. The highest BCUT2D eigenvalue weighted by atomic mass is 16.6. The fourth-order valence-corrected chi connectivity index (χ4v) is 5.46. The summed E-state index contributed by atoms with van der Waals surface area (Å²) in [6, 6.07) is 22.1. The largest absolute Gasteiger partial charge is 0.459 e. The molecule has 6 heteroatoms. The summed E-state index contributed by atoms with van der Waals surface area (Å²) in [7, 11) is 0. The number of carbonyl (C=O) groups is 1. The molecule has 2 aliphatic rings. The molecule has 0 saturated heterocycles. The normalized spacial score (nSPS) is 18.7. The second-order valence-electron chi connectivity index (χ2n) is 10.1. The summed E-state index contributed by atoms with van der Waals surface area (Å²) in [5, 5.41) is 16.9. The number of nitrogens with zero attached hydrogens (tertiary/aromatic N) is 1. The molecule has 1 aliphatic carbocycles. The number of anilines is 1. The lowest BCUT2D eigenvalue weighted by Crippen LogP contribution is -2.33. The van der Waals surface area contributed by atoms with Gasteiger partial charge in [0.05, 0.1) is 4.92 Å². The van der Waals surface area contributed by atoms with E-state index in [4.69, 9.17) is 4.42 Å². The van der Waals surface area contributed by atoms with Crippen molar-refractivity contribution in [2.24, 2.45) is 5.41 Å². The van der Waals surface area contributed by atoms with Crippen LogP contribution in [0.1, 0.15) is 44.1 Å². The molecule has 6 nitrogen and oxygen atoms in total. The van der Waals surface area contributed by atoms with Crippen molar-refractivity contribution in [1.29, 1.82) is 0 Å². The van der Waals surface area contributed by atoms with Gasteiger partial charge in [0.25, 0.3) is 5.69 Å². The minimum absolute atomic E-state index is 0.0310. The Labute approximate surface area is 202 Å². The minimum atomic E-state index is -0.422. The molecule has 1 unspecified atom stereocenters. The Balaban J connectivity index is 1.48. The number of fused-ring (bicyclic) bond motifs is 4. The van der Waals surface area contributed by atoms with Gasteiger partial charge in [-0.25, -0.2) is 0 Å². The van der Waals surface area contributed by atoms with Gasteiger partial charge in [-0.1, -0.05) is 44.2 Å². The van der Waals surface area contributed by atoms with Crippen LogP contribution in [0.25, 0.3) is 27.7 Å². The molecule has 35 heavy (non-hydrogen) atoms. The summed E-state index contributed by atoms with van der Waals surface area (Å²) in [5.41, 5.74) is 4.62. The summed E-state index contributed by atoms with van der Waals surface area (Å²) in [5.74, 6) is 1.39. The topological polar surface area (TPSA) is 85.4 Å². The molecule has 1 N–H and O–H groups in total. The van der Waals surface area contributed by atoms with Gasteiger partial charge in [-0.05, 0) is 58.5 Å². The Morgan fingerprint density at radius 2 is 1.74 bits per heavy atom. The number of nitro groups is 1. The zero-order valence-corrected chi connectivity index (χ0v) is 19.5. The number of non-ortho nitro benzene ring substituents is 1. The average molecular weight is 465 g/mol. The van der Waals surface area contributed by atoms with Gasteiger partial charge in [0.15, 0.2) is 5.78 Å². The van der Waals surface area contributed by atoms with Crippen LogP contribution in [0.2, 0.25) is 0 Å². The molecule has 1 aromatic heterocycles. The van der Waals surface area contributed by atoms with Crippen LogP contribution in [0.3, 0.4) is 0 Å². The second-order valence-corrected chi connectivity index (χ2v) is 10.1. The van der Waals surface area contributed by atoms with Crippen molar-refractivity contribution in [2.75, 3.05) is 5.32 Å². The maximum atomic E-state index is 13.5. The van der Waals surface area contributed by atoms with Crippen molar-refractivity contribution >= 4 is 33.5 Å². The molecule has 174 valence electrons. The standard InChI is InChI=1S/C29H24N2O4/c1-29(2)15-21-26-20-6-4-3-5-17(20)9-12-22(26)30-28(27(21)23(32)16-29)25-14-13-24(35-25)18-7-10-19(11-8-18)31(33)34/h3-14,28,30H,15-16H2,1-2H3. The summed E-state index contributed by atoms with van der Waals surface area (Å²) >= 11 is 0. The first-order valence-corrected chi connectivity index (χ1v) is 11.7. The first-order chi connectivity index (χ1) is 16.8. The molecule has 3 aromatic carbocycles. The van der Waals surface area contributed by atoms with Crippen LogP contribution in [-0.2, 0) is 4.79 Å². The van der Waals surface area contributed by atoms with Gasteiger partial charge in [-0.2, -0.15) is 0 Å². The van der Waals surface area contributed by atoms with E-state index in [1.54, 1.807) is 12.1 Å². The highest BCUT2D eigenvalue weighted by Gasteiger charge is 2.41. The Kier molecular flexibility index (Phi) is 4.68. The van der Waals surface area contributed by atoms with Crippen LogP contribution in [0.5, 0.6) is 0 Å². The average Bonchev–Trinajstić information content (AvgIpc) is 3.32. The van der Waals surface area contributed by atoms with Crippen LogP contribution < -0.4 is 5.32 Å². The number of nitrogens with one attached hydrogen (secondary N) is 1. The van der Waals surface area contributed by atoms with E-state index in [0.717, 1.165) is 45.2 Å². The third kappa shape index (κ3) is 3.53. The quantitative estimate of drug-likeness (QED) is 0.254. The highest BCUT2D eigenvalue weighted by molar-refractivity contribution is 6.12. The number of furan rings is 1. The Bertz CT molecular complexity index is 1540. The number of hydrogen-bond donors (Lipinski definition) is 1. The van der Waals surface area contributed by atoms with Gasteiger partial charge in [0, 0.05) is 40.9 Å². The molecular weight excluding hydrogens is 440 g/mol. The van der Waals surface area contributed by atoms with E-state index >= 15 is 0 Å². The predicted molar refractivity (Wildman–Crippen MR) is 136 cm³/mol. The number of nitro benzene ring substituents is 1. The summed E-state index contributed by atoms with van der Waals surface area (Å²) < 4.78 is 6.24. The highest BCUT2D eigenvalue weighted by Crippen LogP contribution is 2.52. The molecule has 4 aromatic rings. The van der Waals surface area contributed by atoms with Crippen LogP contribution in [0, 0.1) is 15.5 Å². The monoisotopic (exact) mass is 464 g/mol. The van der Waals surface area contributed by atoms with Crippen molar-refractivity contribution in [3.05, 3.63) is 99.8 Å². The molecule has 0 bridgehead atoms. The van der Waals surface area contributed by atoms with E-state index < -0.39 is 11.0 Å². The molecule has 0 amide bonds. The molecule has 1 aliphatic heterocycles. The lowest BCUT2D eigenvalue weighted by molar-refractivity contribution is -0.384. The van der Waals surface area contributed by atoms with Gasteiger partial charge in [0.2, 0.25) is 0 Å². The predicted octanol–water partition coefficient (Wildman–Crippen LogP) is 7.32. The lowest BCUT2D eigenvalue weighted by atomic mass is 9.68. The number of hydrogen-bond acceptors (Lipinski definition) is 5. The van der Waals surface area contributed by atoms with Crippen molar-refractivity contribution in [3.63, 3.8) is 0 Å². The Morgan fingerprint density at radius 3 is 2.51 bits per heavy atom. The summed E-state index contributed by atoms with van der Waals surface area (Å²) in [4.78, 5) is 24.1. The molecule has 0 spiro atoms. The smallest absolute Gasteiger partial charge is 0.269 e. The SMILES string of the molecule is CC1(C)CC(=O)C2=C(C1)c1c(ccc3ccccc13)NC2c1ccc(-c2ccc([N+](=O)[O-])cc2)o1. The van der Waals surface area contributed by atoms with E-state index in [-0.39, 0.29) is 16.9 Å². The van der Waals surface area contributed by atoms with Gasteiger partial charge in [0.1, 0.15) is 17.6 Å². The minimum Gasteiger partial charge on any atom is -0.459 e. The molecule has 2 heterocycles. The van der Waals surface area contributed by atoms with Gasteiger partial charge in [-0.3, -0.25) is 14.9 Å².